The molecule has 1 unspecified atom stereocenters. The minimum absolute atomic E-state index is 0.269. The highest BCUT2D eigenvalue weighted by molar-refractivity contribution is 6.32. The van der Waals surface area contributed by atoms with Gasteiger partial charge < -0.3 is 24.1 Å². The van der Waals surface area contributed by atoms with Gasteiger partial charge >= 0.3 is 5.97 Å². The van der Waals surface area contributed by atoms with Gasteiger partial charge in [-0.15, -0.1) is 0 Å². The molecule has 0 aliphatic heterocycles. The largest absolute Gasteiger partial charge is 0.492 e. The molecular weight excluding hydrogens is 456 g/mol. The third kappa shape index (κ3) is 9.27. The average molecular weight is 491 g/mol. The zero-order valence-electron chi connectivity index (χ0n) is 20.2. The number of rotatable bonds is 16. The van der Waals surface area contributed by atoms with E-state index in [0.717, 1.165) is 30.0 Å². The number of halogens is 1. The maximum atomic E-state index is 10.8. The number of benzene rings is 2. The van der Waals surface area contributed by atoms with E-state index in [0.29, 0.717) is 61.5 Å². The van der Waals surface area contributed by atoms with Gasteiger partial charge in [-0.05, 0) is 62.1 Å². The van der Waals surface area contributed by atoms with Crippen molar-refractivity contribution in [2.24, 2.45) is 0 Å². The zero-order chi connectivity index (χ0) is 24.8. The Balaban J connectivity index is 2.12. The molecule has 0 heterocycles. The quantitative estimate of drug-likeness (QED) is 0.210. The summed E-state index contributed by atoms with van der Waals surface area (Å²) in [5.41, 5.74) is 1.97. The van der Waals surface area contributed by atoms with E-state index in [1.54, 1.807) is 6.08 Å². The number of carboxylic acids is 1. The van der Waals surface area contributed by atoms with Gasteiger partial charge in [-0.25, -0.2) is 4.79 Å². The Labute approximate surface area is 207 Å². The molecule has 2 aromatic rings. The summed E-state index contributed by atoms with van der Waals surface area (Å²) in [7, 11) is 0. The molecule has 0 fully saturated rings. The second kappa shape index (κ2) is 15.3. The molecule has 1 N–H and O–H groups in total. The van der Waals surface area contributed by atoms with Crippen molar-refractivity contribution in [2.45, 2.75) is 52.6 Å². The second-order valence-corrected chi connectivity index (χ2v) is 8.03. The Kier molecular flexibility index (Phi) is 12.4. The lowest BCUT2D eigenvalue weighted by Crippen LogP contribution is -2.07. The second-order valence-electron chi connectivity index (χ2n) is 7.62. The lowest BCUT2D eigenvalue weighted by atomic mass is 10.1. The average Bonchev–Trinajstić information content (AvgIpc) is 2.81. The van der Waals surface area contributed by atoms with Crippen LogP contribution in [0.1, 0.15) is 57.3 Å². The minimum atomic E-state index is -0.976. The van der Waals surface area contributed by atoms with Crippen LogP contribution in [0.4, 0.5) is 0 Å². The molecule has 6 nitrogen and oxygen atoms in total. The van der Waals surface area contributed by atoms with E-state index in [1.807, 2.05) is 50.2 Å². The molecular formula is C27H35ClO6. The highest BCUT2D eigenvalue weighted by Gasteiger charge is 2.15. The summed E-state index contributed by atoms with van der Waals surface area (Å²) in [6.45, 7) is 8.08. The monoisotopic (exact) mass is 490 g/mol. The van der Waals surface area contributed by atoms with Crippen LogP contribution >= 0.6 is 11.6 Å². The predicted molar refractivity (Wildman–Crippen MR) is 134 cm³/mol. The molecule has 0 aliphatic carbocycles. The van der Waals surface area contributed by atoms with Crippen LogP contribution in [0.3, 0.4) is 0 Å². The highest BCUT2D eigenvalue weighted by atomic mass is 35.5. The number of hydrogen-bond acceptors (Lipinski definition) is 5. The van der Waals surface area contributed by atoms with Crippen molar-refractivity contribution in [3.8, 4) is 17.2 Å². The number of carboxylic acid groups (broad SMARTS) is 1. The van der Waals surface area contributed by atoms with E-state index in [-0.39, 0.29) is 6.10 Å². The van der Waals surface area contributed by atoms with Crippen LogP contribution in [0, 0.1) is 0 Å². The first kappa shape index (κ1) is 27.5. The molecule has 0 amide bonds. The van der Waals surface area contributed by atoms with Gasteiger partial charge in [0.25, 0.3) is 0 Å². The molecule has 0 radical (unpaired) electrons. The molecule has 0 bridgehead atoms. The van der Waals surface area contributed by atoms with Crippen LogP contribution in [0.25, 0.3) is 0 Å². The Hall–Kier alpha value is -2.70. The SMILES string of the molecule is CCCCOc1cc(C(CC=CC(=O)O)OCC)ccc1OCCc1ccc(OCC)c(Cl)c1. The first-order valence-corrected chi connectivity index (χ1v) is 12.2. The third-order valence-electron chi connectivity index (χ3n) is 5.02. The topological polar surface area (TPSA) is 74.2 Å². The van der Waals surface area contributed by atoms with E-state index in [4.69, 9.17) is 35.7 Å². The predicted octanol–water partition coefficient (Wildman–Crippen LogP) is 6.65. The number of hydrogen-bond donors (Lipinski definition) is 1. The molecule has 0 saturated carbocycles. The Morgan fingerprint density at radius 1 is 0.971 bits per heavy atom. The Bertz CT molecular complexity index is 927. The summed E-state index contributed by atoms with van der Waals surface area (Å²) in [6, 6.07) is 11.5. The molecule has 0 spiro atoms. The van der Waals surface area contributed by atoms with Crippen molar-refractivity contribution in [2.75, 3.05) is 26.4 Å². The fraction of sp³-hybridized carbons (Fsp3) is 0.444. The molecule has 0 saturated heterocycles. The van der Waals surface area contributed by atoms with Crippen LogP contribution in [0.2, 0.25) is 5.02 Å². The van der Waals surface area contributed by atoms with E-state index in [1.165, 1.54) is 0 Å². The van der Waals surface area contributed by atoms with Crippen LogP contribution in [0.15, 0.2) is 48.6 Å². The molecule has 1 atom stereocenters. The van der Waals surface area contributed by atoms with E-state index >= 15 is 0 Å². The lowest BCUT2D eigenvalue weighted by Gasteiger charge is -2.19. The fourth-order valence-electron chi connectivity index (χ4n) is 3.33. The first-order chi connectivity index (χ1) is 16.5. The summed E-state index contributed by atoms with van der Waals surface area (Å²) in [6.07, 6.45) is 5.56. The third-order valence-corrected chi connectivity index (χ3v) is 5.31. The molecule has 0 aliphatic rings. The van der Waals surface area contributed by atoms with E-state index in [9.17, 15) is 4.79 Å². The smallest absolute Gasteiger partial charge is 0.327 e. The molecule has 2 aromatic carbocycles. The van der Waals surface area contributed by atoms with Gasteiger partial charge in [0.1, 0.15) is 5.75 Å². The van der Waals surface area contributed by atoms with Gasteiger partial charge in [0.15, 0.2) is 11.5 Å². The van der Waals surface area contributed by atoms with E-state index < -0.39 is 5.97 Å². The molecule has 2 rings (SSSR count). The standard InChI is InChI=1S/C27H35ClO6/c1-4-7-16-33-26-19-21(23(31-5-2)9-8-10-27(29)30)12-14-25(26)34-17-15-20-11-13-24(32-6-3)22(28)18-20/h8,10-14,18-19,23H,4-7,9,15-17H2,1-3H3,(H,29,30). The van der Waals surface area contributed by atoms with Crippen molar-refractivity contribution in [3.05, 3.63) is 64.7 Å². The molecule has 0 aromatic heterocycles. The summed E-state index contributed by atoms with van der Waals surface area (Å²) < 4.78 is 23.4. The maximum absolute atomic E-state index is 10.8. The summed E-state index contributed by atoms with van der Waals surface area (Å²) >= 11 is 6.29. The zero-order valence-corrected chi connectivity index (χ0v) is 21.0. The Morgan fingerprint density at radius 3 is 2.41 bits per heavy atom. The normalized spacial score (nSPS) is 12.0. The Morgan fingerprint density at radius 2 is 1.74 bits per heavy atom. The molecule has 34 heavy (non-hydrogen) atoms. The van der Waals surface area contributed by atoms with Gasteiger partial charge in [-0.1, -0.05) is 43.2 Å². The number of unbranched alkanes of at least 4 members (excludes halogenated alkanes) is 1. The first-order valence-electron chi connectivity index (χ1n) is 11.8. The maximum Gasteiger partial charge on any atom is 0.327 e. The van der Waals surface area contributed by atoms with Gasteiger partial charge in [-0.2, -0.15) is 0 Å². The number of carbonyl (C=O) groups is 1. The van der Waals surface area contributed by atoms with E-state index in [2.05, 4.69) is 6.92 Å². The van der Waals surface area contributed by atoms with Crippen molar-refractivity contribution in [3.63, 3.8) is 0 Å². The van der Waals surface area contributed by atoms with Crippen molar-refractivity contribution in [1.29, 1.82) is 0 Å². The summed E-state index contributed by atoms with van der Waals surface area (Å²) in [4.78, 5) is 10.8. The van der Waals surface area contributed by atoms with Crippen molar-refractivity contribution < 1.29 is 28.8 Å². The van der Waals surface area contributed by atoms with Gasteiger partial charge in [0.05, 0.1) is 30.9 Å². The van der Waals surface area contributed by atoms with Gasteiger partial charge in [0.2, 0.25) is 0 Å². The number of aliphatic carboxylic acids is 1. The molecule has 186 valence electrons. The highest BCUT2D eigenvalue weighted by Crippen LogP contribution is 2.33. The minimum Gasteiger partial charge on any atom is -0.492 e. The van der Waals surface area contributed by atoms with Gasteiger partial charge in [0, 0.05) is 19.1 Å². The van der Waals surface area contributed by atoms with Crippen LogP contribution in [-0.2, 0) is 16.0 Å². The summed E-state index contributed by atoms with van der Waals surface area (Å²) in [5, 5.41) is 9.46. The summed E-state index contributed by atoms with van der Waals surface area (Å²) in [5.74, 6) is 1.02. The van der Waals surface area contributed by atoms with Crippen LogP contribution in [0.5, 0.6) is 17.2 Å². The van der Waals surface area contributed by atoms with Crippen LogP contribution in [-0.4, -0.2) is 37.5 Å². The number of ether oxygens (including phenoxy) is 4. The fourth-order valence-corrected chi connectivity index (χ4v) is 3.59. The van der Waals surface area contributed by atoms with Gasteiger partial charge in [-0.3, -0.25) is 0 Å². The van der Waals surface area contributed by atoms with Crippen LogP contribution < -0.4 is 14.2 Å². The molecule has 7 heteroatoms. The lowest BCUT2D eigenvalue weighted by molar-refractivity contribution is -0.131. The van der Waals surface area contributed by atoms with Crippen molar-refractivity contribution in [1.82, 2.24) is 0 Å². The van der Waals surface area contributed by atoms with Crippen molar-refractivity contribution >= 4 is 17.6 Å².